The lowest BCUT2D eigenvalue weighted by Crippen LogP contribution is -2.05. The second-order valence-corrected chi connectivity index (χ2v) is 6.42. The summed E-state index contributed by atoms with van der Waals surface area (Å²) in [5.41, 5.74) is 3.20. The Morgan fingerprint density at radius 3 is 1.86 bits per heavy atom. The molecule has 0 unspecified atom stereocenters. The summed E-state index contributed by atoms with van der Waals surface area (Å²) in [7, 11) is 0. The second kappa shape index (κ2) is 10.2. The van der Waals surface area contributed by atoms with E-state index in [1.54, 1.807) is 0 Å². The standard InChI is InChI=1S/C24H24O4/c1-19(25)26-15-14-20-12-13-23(27-17-21-8-4-2-5-9-21)24(16-20)28-18-22-10-6-3-7-11-22/h2-13,16H,14-15,17-18H2,1H3. The highest BCUT2D eigenvalue weighted by Gasteiger charge is 2.09. The van der Waals surface area contributed by atoms with E-state index < -0.39 is 0 Å². The molecular formula is C24H24O4. The molecule has 0 radical (unpaired) electrons. The molecule has 0 spiro atoms. The third-order valence-corrected chi connectivity index (χ3v) is 4.18. The number of hydrogen-bond donors (Lipinski definition) is 0. The van der Waals surface area contributed by atoms with Gasteiger partial charge in [0.25, 0.3) is 0 Å². The zero-order valence-corrected chi connectivity index (χ0v) is 16.0. The largest absolute Gasteiger partial charge is 0.485 e. The van der Waals surface area contributed by atoms with Gasteiger partial charge in [0.2, 0.25) is 0 Å². The predicted molar refractivity (Wildman–Crippen MR) is 108 cm³/mol. The molecule has 0 heterocycles. The molecule has 0 fully saturated rings. The van der Waals surface area contributed by atoms with Crippen molar-refractivity contribution < 1.29 is 19.0 Å². The maximum Gasteiger partial charge on any atom is 0.302 e. The van der Waals surface area contributed by atoms with Gasteiger partial charge in [-0.3, -0.25) is 4.79 Å². The molecule has 0 saturated heterocycles. The van der Waals surface area contributed by atoms with Gasteiger partial charge >= 0.3 is 5.97 Å². The van der Waals surface area contributed by atoms with Gasteiger partial charge in [-0.2, -0.15) is 0 Å². The van der Waals surface area contributed by atoms with Gasteiger partial charge in [-0.1, -0.05) is 66.7 Å². The lowest BCUT2D eigenvalue weighted by Gasteiger charge is -2.15. The Balaban J connectivity index is 1.71. The van der Waals surface area contributed by atoms with Crippen molar-refractivity contribution in [2.45, 2.75) is 26.6 Å². The van der Waals surface area contributed by atoms with Crippen LogP contribution in [0.15, 0.2) is 78.9 Å². The molecule has 0 amide bonds. The normalized spacial score (nSPS) is 10.3. The van der Waals surface area contributed by atoms with Crippen molar-refractivity contribution in [1.82, 2.24) is 0 Å². The molecule has 4 heteroatoms. The number of carbonyl (C=O) groups is 1. The lowest BCUT2D eigenvalue weighted by atomic mass is 10.1. The van der Waals surface area contributed by atoms with Gasteiger partial charge in [0.1, 0.15) is 13.2 Å². The first kappa shape index (κ1) is 19.5. The van der Waals surface area contributed by atoms with Crippen LogP contribution >= 0.6 is 0 Å². The van der Waals surface area contributed by atoms with Crippen molar-refractivity contribution in [3.63, 3.8) is 0 Å². The SMILES string of the molecule is CC(=O)OCCc1ccc(OCc2ccccc2)c(OCc2ccccc2)c1. The van der Waals surface area contributed by atoms with E-state index in [9.17, 15) is 4.79 Å². The average Bonchev–Trinajstić information content (AvgIpc) is 2.73. The van der Waals surface area contributed by atoms with Gasteiger partial charge in [0.15, 0.2) is 11.5 Å². The van der Waals surface area contributed by atoms with Gasteiger partial charge in [-0.05, 0) is 28.8 Å². The molecule has 0 saturated carbocycles. The maximum atomic E-state index is 11.0. The molecule has 0 N–H and O–H groups in total. The van der Waals surface area contributed by atoms with Gasteiger partial charge < -0.3 is 14.2 Å². The molecule has 3 aromatic rings. The van der Waals surface area contributed by atoms with E-state index in [0.29, 0.717) is 37.7 Å². The van der Waals surface area contributed by atoms with E-state index in [4.69, 9.17) is 14.2 Å². The van der Waals surface area contributed by atoms with Gasteiger partial charge in [-0.15, -0.1) is 0 Å². The van der Waals surface area contributed by atoms with Gasteiger partial charge in [0, 0.05) is 13.3 Å². The minimum absolute atomic E-state index is 0.275. The molecule has 0 bridgehead atoms. The van der Waals surface area contributed by atoms with E-state index in [1.807, 2.05) is 78.9 Å². The van der Waals surface area contributed by atoms with Crippen LogP contribution in [-0.4, -0.2) is 12.6 Å². The average molecular weight is 376 g/mol. The van der Waals surface area contributed by atoms with Crippen LogP contribution in [0.3, 0.4) is 0 Å². The smallest absolute Gasteiger partial charge is 0.302 e. The number of carbonyl (C=O) groups excluding carboxylic acids is 1. The Labute approximate surface area is 165 Å². The van der Waals surface area contributed by atoms with Crippen LogP contribution in [0, 0.1) is 0 Å². The fourth-order valence-corrected chi connectivity index (χ4v) is 2.72. The van der Waals surface area contributed by atoms with E-state index in [-0.39, 0.29) is 5.97 Å². The predicted octanol–water partition coefficient (Wildman–Crippen LogP) is 4.95. The maximum absolute atomic E-state index is 11.0. The topological polar surface area (TPSA) is 44.8 Å². The number of rotatable bonds is 9. The summed E-state index contributed by atoms with van der Waals surface area (Å²) in [6.45, 7) is 2.68. The van der Waals surface area contributed by atoms with E-state index in [1.165, 1.54) is 6.92 Å². The summed E-state index contributed by atoms with van der Waals surface area (Å²) >= 11 is 0. The molecule has 3 aromatic carbocycles. The highest BCUT2D eigenvalue weighted by Crippen LogP contribution is 2.30. The van der Waals surface area contributed by atoms with Crippen LogP contribution in [0.2, 0.25) is 0 Å². The zero-order valence-electron chi connectivity index (χ0n) is 16.0. The molecule has 0 aliphatic carbocycles. The first-order valence-corrected chi connectivity index (χ1v) is 9.30. The summed E-state index contributed by atoms with van der Waals surface area (Å²) in [4.78, 5) is 11.0. The third-order valence-electron chi connectivity index (χ3n) is 4.18. The molecule has 3 rings (SSSR count). The molecular weight excluding hydrogens is 352 g/mol. The summed E-state index contributed by atoms with van der Waals surface area (Å²) in [6.07, 6.45) is 0.625. The van der Waals surface area contributed by atoms with Crippen LogP contribution in [0.4, 0.5) is 0 Å². The van der Waals surface area contributed by atoms with Gasteiger partial charge in [-0.25, -0.2) is 0 Å². The highest BCUT2D eigenvalue weighted by molar-refractivity contribution is 5.65. The van der Waals surface area contributed by atoms with E-state index in [0.717, 1.165) is 16.7 Å². The summed E-state index contributed by atoms with van der Waals surface area (Å²) < 4.78 is 17.1. The van der Waals surface area contributed by atoms with Crippen molar-refractivity contribution in [3.05, 3.63) is 95.6 Å². The summed E-state index contributed by atoms with van der Waals surface area (Å²) in [5, 5.41) is 0. The molecule has 144 valence electrons. The first-order valence-electron chi connectivity index (χ1n) is 9.30. The molecule has 0 aromatic heterocycles. The Morgan fingerprint density at radius 1 is 0.714 bits per heavy atom. The third kappa shape index (κ3) is 6.16. The van der Waals surface area contributed by atoms with Crippen molar-refractivity contribution >= 4 is 5.97 Å². The first-order chi connectivity index (χ1) is 13.7. The van der Waals surface area contributed by atoms with Crippen LogP contribution in [-0.2, 0) is 29.2 Å². The molecule has 0 aliphatic rings. The van der Waals surface area contributed by atoms with Crippen LogP contribution in [0.5, 0.6) is 11.5 Å². The number of esters is 1. The van der Waals surface area contributed by atoms with Crippen LogP contribution in [0.1, 0.15) is 23.6 Å². The molecule has 28 heavy (non-hydrogen) atoms. The minimum Gasteiger partial charge on any atom is -0.485 e. The van der Waals surface area contributed by atoms with E-state index in [2.05, 4.69) is 0 Å². The Kier molecular flexibility index (Phi) is 7.08. The highest BCUT2D eigenvalue weighted by atomic mass is 16.5. The summed E-state index contributed by atoms with van der Waals surface area (Å²) in [6, 6.07) is 25.8. The Bertz CT molecular complexity index is 876. The molecule has 0 aliphatic heterocycles. The van der Waals surface area contributed by atoms with Crippen molar-refractivity contribution in [2.75, 3.05) is 6.61 Å². The second-order valence-electron chi connectivity index (χ2n) is 6.42. The van der Waals surface area contributed by atoms with Crippen molar-refractivity contribution in [1.29, 1.82) is 0 Å². The zero-order chi connectivity index (χ0) is 19.6. The van der Waals surface area contributed by atoms with Gasteiger partial charge in [0.05, 0.1) is 6.61 Å². The monoisotopic (exact) mass is 376 g/mol. The number of hydrogen-bond acceptors (Lipinski definition) is 4. The Morgan fingerprint density at radius 2 is 1.29 bits per heavy atom. The quantitative estimate of drug-likeness (QED) is 0.496. The Hall–Kier alpha value is -3.27. The van der Waals surface area contributed by atoms with Crippen LogP contribution < -0.4 is 9.47 Å². The van der Waals surface area contributed by atoms with Crippen molar-refractivity contribution in [2.24, 2.45) is 0 Å². The molecule has 4 nitrogen and oxygen atoms in total. The van der Waals surface area contributed by atoms with E-state index >= 15 is 0 Å². The summed E-state index contributed by atoms with van der Waals surface area (Å²) in [5.74, 6) is 1.10. The van der Waals surface area contributed by atoms with Crippen molar-refractivity contribution in [3.8, 4) is 11.5 Å². The fraction of sp³-hybridized carbons (Fsp3) is 0.208. The molecule has 0 atom stereocenters. The van der Waals surface area contributed by atoms with Crippen LogP contribution in [0.25, 0.3) is 0 Å². The lowest BCUT2D eigenvalue weighted by molar-refractivity contribution is -0.140. The minimum atomic E-state index is -0.275. The number of ether oxygens (including phenoxy) is 3. The number of benzene rings is 3. The fourth-order valence-electron chi connectivity index (χ4n) is 2.72.